The molecule has 3 aromatic rings. The summed E-state index contributed by atoms with van der Waals surface area (Å²) in [5.74, 6) is -0.535. The van der Waals surface area contributed by atoms with Crippen molar-refractivity contribution in [2.45, 2.75) is 11.3 Å². The molecule has 0 aliphatic rings. The van der Waals surface area contributed by atoms with Gasteiger partial charge in [0.05, 0.1) is 4.90 Å². The number of benzene rings is 2. The normalized spacial score (nSPS) is 11.5. The Labute approximate surface area is 163 Å². The molecule has 27 heavy (non-hydrogen) atoms. The predicted molar refractivity (Wildman–Crippen MR) is 104 cm³/mol. The molecular weight excluding hydrogens is 436 g/mol. The minimum absolute atomic E-state index is 0.0234. The van der Waals surface area contributed by atoms with Gasteiger partial charge in [-0.3, -0.25) is 4.79 Å². The third-order valence-electron chi connectivity index (χ3n) is 3.89. The van der Waals surface area contributed by atoms with E-state index in [-0.39, 0.29) is 17.0 Å². The molecule has 0 aliphatic carbocycles. The summed E-state index contributed by atoms with van der Waals surface area (Å²) >= 11 is 3.33. The van der Waals surface area contributed by atoms with E-state index >= 15 is 0 Å². The molecule has 7 nitrogen and oxygen atoms in total. The highest BCUT2D eigenvalue weighted by molar-refractivity contribution is 9.10. The van der Waals surface area contributed by atoms with Gasteiger partial charge >= 0.3 is 5.63 Å². The lowest BCUT2D eigenvalue weighted by Gasteiger charge is -2.06. The monoisotopic (exact) mass is 450 g/mol. The van der Waals surface area contributed by atoms with E-state index in [0.717, 1.165) is 10.0 Å². The topological polar surface area (TPSA) is 119 Å². The van der Waals surface area contributed by atoms with E-state index in [1.807, 2.05) is 0 Å². The molecule has 9 heteroatoms. The van der Waals surface area contributed by atoms with Crippen molar-refractivity contribution in [1.29, 1.82) is 0 Å². The Balaban J connectivity index is 1.68. The Kier molecular flexibility index (Phi) is 5.45. The molecule has 1 heterocycles. The average molecular weight is 451 g/mol. The van der Waals surface area contributed by atoms with Gasteiger partial charge < -0.3 is 9.73 Å². The van der Waals surface area contributed by atoms with Crippen molar-refractivity contribution in [3.05, 3.63) is 74.6 Å². The third kappa shape index (κ3) is 4.62. The predicted octanol–water partition coefficient (Wildman–Crippen LogP) is 2.18. The lowest BCUT2D eigenvalue weighted by Crippen LogP contribution is -2.29. The zero-order valence-corrected chi connectivity index (χ0v) is 16.3. The van der Waals surface area contributed by atoms with Crippen molar-refractivity contribution >= 4 is 42.8 Å². The first-order valence-corrected chi connectivity index (χ1v) is 10.2. The van der Waals surface area contributed by atoms with E-state index in [1.165, 1.54) is 18.2 Å². The average Bonchev–Trinajstić information content (AvgIpc) is 2.61. The van der Waals surface area contributed by atoms with E-state index in [9.17, 15) is 18.0 Å². The highest BCUT2D eigenvalue weighted by atomic mass is 79.9. The van der Waals surface area contributed by atoms with Crippen LogP contribution in [0.1, 0.15) is 15.9 Å². The fourth-order valence-corrected chi connectivity index (χ4v) is 3.41. The smallest absolute Gasteiger partial charge is 0.349 e. The molecule has 0 bridgehead atoms. The highest BCUT2D eigenvalue weighted by Gasteiger charge is 2.13. The molecule has 0 atom stereocenters. The van der Waals surface area contributed by atoms with Gasteiger partial charge in [-0.1, -0.05) is 28.1 Å². The minimum atomic E-state index is -3.73. The van der Waals surface area contributed by atoms with Crippen molar-refractivity contribution in [3.63, 3.8) is 0 Å². The number of primary sulfonamides is 1. The number of rotatable bonds is 5. The number of hydrogen-bond acceptors (Lipinski definition) is 5. The maximum atomic E-state index is 12.3. The van der Waals surface area contributed by atoms with Crippen LogP contribution in [0.25, 0.3) is 11.0 Å². The van der Waals surface area contributed by atoms with Gasteiger partial charge in [0, 0.05) is 16.4 Å². The van der Waals surface area contributed by atoms with Gasteiger partial charge in [-0.05, 0) is 48.4 Å². The minimum Gasteiger partial charge on any atom is -0.422 e. The number of amides is 1. The highest BCUT2D eigenvalue weighted by Crippen LogP contribution is 2.19. The molecule has 0 spiro atoms. The standard InChI is InChI=1S/C18H15BrN2O5S/c19-13-3-6-16-12(9-13)10-15(18(23)26-16)17(22)21-8-7-11-1-4-14(5-2-11)27(20,24)25/h1-6,9-10H,7-8H2,(H,21,22)(H2,20,24,25). The largest absolute Gasteiger partial charge is 0.422 e. The molecule has 3 rings (SSSR count). The van der Waals surface area contributed by atoms with Crippen molar-refractivity contribution in [1.82, 2.24) is 5.32 Å². The Hall–Kier alpha value is -2.49. The van der Waals surface area contributed by atoms with Crippen LogP contribution in [0.5, 0.6) is 0 Å². The molecule has 0 saturated carbocycles. The molecule has 0 radical (unpaired) electrons. The number of carbonyl (C=O) groups excluding carboxylic acids is 1. The summed E-state index contributed by atoms with van der Waals surface area (Å²) in [5.41, 5.74) is 0.428. The Morgan fingerprint density at radius 3 is 2.48 bits per heavy atom. The second-order valence-corrected chi connectivity index (χ2v) is 8.30. The van der Waals surface area contributed by atoms with Crippen LogP contribution < -0.4 is 16.1 Å². The summed E-state index contributed by atoms with van der Waals surface area (Å²) < 4.78 is 28.4. The summed E-state index contributed by atoms with van der Waals surface area (Å²) in [6, 6.07) is 12.7. The zero-order valence-electron chi connectivity index (χ0n) is 13.9. The van der Waals surface area contributed by atoms with Crippen LogP contribution in [-0.4, -0.2) is 20.9 Å². The second-order valence-electron chi connectivity index (χ2n) is 5.82. The molecule has 1 aromatic heterocycles. The second kappa shape index (κ2) is 7.63. The number of carbonyl (C=O) groups is 1. The molecule has 3 N–H and O–H groups in total. The Morgan fingerprint density at radius 2 is 1.81 bits per heavy atom. The summed E-state index contributed by atoms with van der Waals surface area (Å²) in [6.45, 7) is 0.267. The Morgan fingerprint density at radius 1 is 1.11 bits per heavy atom. The molecule has 0 fully saturated rings. The van der Waals surface area contributed by atoms with Crippen LogP contribution in [0.2, 0.25) is 0 Å². The van der Waals surface area contributed by atoms with Crippen LogP contribution in [0.15, 0.2) is 67.1 Å². The number of halogens is 1. The third-order valence-corrected chi connectivity index (χ3v) is 5.31. The molecule has 0 saturated heterocycles. The van der Waals surface area contributed by atoms with Gasteiger partial charge in [0.25, 0.3) is 5.91 Å². The van der Waals surface area contributed by atoms with E-state index in [0.29, 0.717) is 17.4 Å². The van der Waals surface area contributed by atoms with Crippen LogP contribution in [0, 0.1) is 0 Å². The summed E-state index contributed by atoms with van der Waals surface area (Å²) in [6.07, 6.45) is 0.459. The zero-order chi connectivity index (χ0) is 19.6. The van der Waals surface area contributed by atoms with E-state index in [4.69, 9.17) is 9.56 Å². The lowest BCUT2D eigenvalue weighted by atomic mass is 10.1. The maximum absolute atomic E-state index is 12.3. The molecule has 140 valence electrons. The fourth-order valence-electron chi connectivity index (χ4n) is 2.51. The van der Waals surface area contributed by atoms with Gasteiger partial charge in [-0.2, -0.15) is 0 Å². The maximum Gasteiger partial charge on any atom is 0.349 e. The van der Waals surface area contributed by atoms with Crippen molar-refractivity contribution in [2.24, 2.45) is 5.14 Å². The fraction of sp³-hybridized carbons (Fsp3) is 0.111. The molecule has 0 unspecified atom stereocenters. The van der Waals surface area contributed by atoms with Gasteiger partial charge in [0.1, 0.15) is 11.1 Å². The number of hydrogen-bond donors (Lipinski definition) is 2. The van der Waals surface area contributed by atoms with Crippen molar-refractivity contribution < 1.29 is 17.6 Å². The summed E-state index contributed by atoms with van der Waals surface area (Å²) in [4.78, 5) is 24.3. The molecular formula is C18H15BrN2O5S. The number of sulfonamides is 1. The van der Waals surface area contributed by atoms with Crippen LogP contribution >= 0.6 is 15.9 Å². The van der Waals surface area contributed by atoms with Crippen LogP contribution in [0.4, 0.5) is 0 Å². The summed E-state index contributed by atoms with van der Waals surface area (Å²) in [7, 11) is -3.73. The van der Waals surface area contributed by atoms with Crippen LogP contribution in [0.3, 0.4) is 0 Å². The van der Waals surface area contributed by atoms with E-state index in [1.54, 1.807) is 30.3 Å². The van der Waals surface area contributed by atoms with E-state index < -0.39 is 21.6 Å². The quantitative estimate of drug-likeness (QED) is 0.577. The first-order valence-electron chi connectivity index (χ1n) is 7.87. The summed E-state index contributed by atoms with van der Waals surface area (Å²) in [5, 5.41) is 8.34. The van der Waals surface area contributed by atoms with Gasteiger partial charge in [0.15, 0.2) is 0 Å². The Bertz CT molecular complexity index is 1170. The molecule has 2 aromatic carbocycles. The van der Waals surface area contributed by atoms with Crippen LogP contribution in [-0.2, 0) is 16.4 Å². The van der Waals surface area contributed by atoms with Crippen molar-refractivity contribution in [3.8, 4) is 0 Å². The first kappa shape index (κ1) is 19.3. The van der Waals surface area contributed by atoms with Gasteiger partial charge in [0.2, 0.25) is 10.0 Å². The SMILES string of the molecule is NS(=O)(=O)c1ccc(CCNC(=O)c2cc3cc(Br)ccc3oc2=O)cc1. The first-order chi connectivity index (χ1) is 12.7. The number of nitrogens with one attached hydrogen (secondary N) is 1. The molecule has 1 amide bonds. The van der Waals surface area contributed by atoms with Gasteiger partial charge in [-0.15, -0.1) is 0 Å². The molecule has 0 aliphatic heterocycles. The number of nitrogens with two attached hydrogens (primary N) is 1. The number of fused-ring (bicyclic) bond motifs is 1. The van der Waals surface area contributed by atoms with Gasteiger partial charge in [-0.25, -0.2) is 18.4 Å². The lowest BCUT2D eigenvalue weighted by molar-refractivity contribution is 0.0950. The van der Waals surface area contributed by atoms with Crippen molar-refractivity contribution in [2.75, 3.05) is 6.54 Å². The van der Waals surface area contributed by atoms with E-state index in [2.05, 4.69) is 21.2 Å².